The number of halogens is 2. The number of hydrogen-bond donors (Lipinski definition) is 2. The van der Waals surface area contributed by atoms with E-state index in [1.165, 1.54) is 17.0 Å². The van der Waals surface area contributed by atoms with Gasteiger partial charge in [-0.3, -0.25) is 4.90 Å². The average molecular weight is 540 g/mol. The summed E-state index contributed by atoms with van der Waals surface area (Å²) in [4.78, 5) is 14.5. The van der Waals surface area contributed by atoms with E-state index < -0.39 is 21.9 Å². The molecule has 0 aliphatic rings. The predicted molar refractivity (Wildman–Crippen MR) is 142 cm³/mol. The van der Waals surface area contributed by atoms with Crippen molar-refractivity contribution in [1.29, 1.82) is 0 Å². The Labute approximate surface area is 219 Å². The van der Waals surface area contributed by atoms with Crippen LogP contribution in [0.5, 0.6) is 11.5 Å². The number of carbonyl (C=O) groups excluding carboxylic acids is 1. The molecule has 37 heavy (non-hydrogen) atoms. The van der Waals surface area contributed by atoms with Gasteiger partial charge in [0, 0.05) is 29.5 Å². The maximum atomic E-state index is 13.2. The van der Waals surface area contributed by atoms with E-state index in [1.54, 1.807) is 48.5 Å². The van der Waals surface area contributed by atoms with Crippen molar-refractivity contribution in [3.8, 4) is 11.5 Å². The number of benzene rings is 4. The Morgan fingerprint density at radius 2 is 1.46 bits per heavy atom. The molecule has 0 aliphatic heterocycles. The first-order valence-electron chi connectivity index (χ1n) is 11.2. The van der Waals surface area contributed by atoms with Gasteiger partial charge in [-0.1, -0.05) is 29.8 Å². The molecule has 2 amide bonds. The lowest BCUT2D eigenvalue weighted by atomic mass is 10.2. The van der Waals surface area contributed by atoms with E-state index in [2.05, 4.69) is 10.0 Å². The molecule has 0 heterocycles. The fraction of sp³-hybridized carbons (Fsp3) is 0.0741. The topological polar surface area (TPSA) is 87.7 Å². The molecule has 0 radical (unpaired) electrons. The molecule has 4 aromatic rings. The second-order valence-electron chi connectivity index (χ2n) is 7.85. The van der Waals surface area contributed by atoms with E-state index in [1.807, 2.05) is 30.3 Å². The van der Waals surface area contributed by atoms with Gasteiger partial charge < -0.3 is 10.1 Å². The molecular weight excluding hydrogens is 517 g/mol. The lowest BCUT2D eigenvalue weighted by molar-refractivity contribution is 0.257. The van der Waals surface area contributed by atoms with Crippen molar-refractivity contribution >= 4 is 39.0 Å². The van der Waals surface area contributed by atoms with E-state index in [-0.39, 0.29) is 18.0 Å². The van der Waals surface area contributed by atoms with E-state index in [9.17, 15) is 17.6 Å². The number of urea groups is 1. The molecule has 0 fully saturated rings. The van der Waals surface area contributed by atoms with E-state index >= 15 is 0 Å². The summed E-state index contributed by atoms with van der Waals surface area (Å²) in [6.45, 7) is -0.0747. The summed E-state index contributed by atoms with van der Waals surface area (Å²) in [6.07, 6.45) is 0. The van der Waals surface area contributed by atoms with Crippen LogP contribution in [0.15, 0.2) is 108 Å². The summed E-state index contributed by atoms with van der Waals surface area (Å²) in [5.41, 5.74) is 1.04. The quantitative estimate of drug-likeness (QED) is 0.262. The number of sulfonamides is 1. The van der Waals surface area contributed by atoms with Crippen LogP contribution in [0.3, 0.4) is 0 Å². The van der Waals surface area contributed by atoms with Crippen molar-refractivity contribution < 1.29 is 22.3 Å². The number of rotatable bonds is 9. The predicted octanol–water partition coefficient (Wildman–Crippen LogP) is 6.29. The van der Waals surface area contributed by atoms with Crippen LogP contribution in [0.4, 0.5) is 20.6 Å². The van der Waals surface area contributed by atoms with Gasteiger partial charge in [-0.25, -0.2) is 22.3 Å². The highest BCUT2D eigenvalue weighted by Crippen LogP contribution is 2.25. The SMILES string of the molecule is O=C(Nc1ccc(Cl)cc1)N(CCNS(=O)(=O)c1ccc(F)cc1)c1ccc(Oc2ccccc2)cc1. The highest BCUT2D eigenvalue weighted by molar-refractivity contribution is 7.89. The lowest BCUT2D eigenvalue weighted by Crippen LogP contribution is -2.41. The van der Waals surface area contributed by atoms with Gasteiger partial charge in [0.1, 0.15) is 17.3 Å². The van der Waals surface area contributed by atoms with Crippen LogP contribution in [0.25, 0.3) is 0 Å². The number of ether oxygens (including phenoxy) is 1. The first-order valence-corrected chi connectivity index (χ1v) is 13.1. The zero-order valence-electron chi connectivity index (χ0n) is 19.5. The molecule has 0 unspecified atom stereocenters. The normalized spacial score (nSPS) is 11.1. The molecule has 2 N–H and O–H groups in total. The zero-order chi connectivity index (χ0) is 26.3. The van der Waals surface area contributed by atoms with Crippen molar-refractivity contribution in [1.82, 2.24) is 4.72 Å². The van der Waals surface area contributed by atoms with Crippen molar-refractivity contribution in [3.05, 3.63) is 114 Å². The monoisotopic (exact) mass is 539 g/mol. The Morgan fingerprint density at radius 3 is 2.11 bits per heavy atom. The standard InChI is InChI=1S/C27H23ClFN3O4S/c28-20-6-10-22(11-7-20)31-27(33)32(19-18-30-37(34,35)26-16-8-21(29)9-17-26)23-12-14-25(15-13-23)36-24-4-2-1-3-5-24/h1-17,30H,18-19H2,(H,31,33). The average Bonchev–Trinajstić information content (AvgIpc) is 2.89. The first kappa shape index (κ1) is 26.2. The van der Waals surface area contributed by atoms with Crippen molar-refractivity contribution in [2.75, 3.05) is 23.3 Å². The Balaban J connectivity index is 1.49. The molecular formula is C27H23ClFN3O4S. The van der Waals surface area contributed by atoms with Crippen LogP contribution in [0.2, 0.25) is 5.02 Å². The molecule has 190 valence electrons. The van der Waals surface area contributed by atoms with E-state index in [4.69, 9.17) is 16.3 Å². The number of carbonyl (C=O) groups is 1. The largest absolute Gasteiger partial charge is 0.457 e. The van der Waals surface area contributed by atoms with Crippen LogP contribution in [0.1, 0.15) is 0 Å². The van der Waals surface area contributed by atoms with Gasteiger partial charge in [0.15, 0.2) is 0 Å². The summed E-state index contributed by atoms with van der Waals surface area (Å²) in [5, 5.41) is 3.31. The third kappa shape index (κ3) is 7.29. The van der Waals surface area contributed by atoms with Gasteiger partial charge in [0.2, 0.25) is 10.0 Å². The second-order valence-corrected chi connectivity index (χ2v) is 10.1. The number of para-hydroxylation sites is 1. The zero-order valence-corrected chi connectivity index (χ0v) is 21.0. The van der Waals surface area contributed by atoms with Gasteiger partial charge in [0.25, 0.3) is 0 Å². The summed E-state index contributed by atoms with van der Waals surface area (Å²) in [6, 6.07) is 26.7. The van der Waals surface area contributed by atoms with Gasteiger partial charge in [-0.2, -0.15) is 0 Å². The number of anilines is 2. The number of nitrogens with one attached hydrogen (secondary N) is 2. The highest BCUT2D eigenvalue weighted by atomic mass is 35.5. The summed E-state index contributed by atoms with van der Waals surface area (Å²) >= 11 is 5.93. The summed E-state index contributed by atoms with van der Waals surface area (Å²) in [5.74, 6) is 0.705. The minimum atomic E-state index is -3.90. The summed E-state index contributed by atoms with van der Waals surface area (Å²) < 4.78 is 46.6. The molecule has 4 aromatic carbocycles. The van der Waals surface area contributed by atoms with Crippen LogP contribution < -0.4 is 19.7 Å². The Bertz CT molecular complexity index is 1430. The maximum absolute atomic E-state index is 13.2. The number of nitrogens with zero attached hydrogens (tertiary/aromatic N) is 1. The fourth-order valence-corrected chi connectivity index (χ4v) is 4.53. The molecule has 0 aromatic heterocycles. The Hall–Kier alpha value is -3.92. The molecule has 4 rings (SSSR count). The molecule has 7 nitrogen and oxygen atoms in total. The number of amides is 2. The molecule has 10 heteroatoms. The van der Waals surface area contributed by atoms with Crippen molar-refractivity contribution in [2.45, 2.75) is 4.90 Å². The Morgan fingerprint density at radius 1 is 0.838 bits per heavy atom. The molecule has 0 spiro atoms. The second kappa shape index (κ2) is 11.9. The molecule has 0 saturated heterocycles. The first-order chi connectivity index (χ1) is 17.8. The van der Waals surface area contributed by atoms with Crippen LogP contribution >= 0.6 is 11.6 Å². The van der Waals surface area contributed by atoms with Gasteiger partial charge in [-0.15, -0.1) is 0 Å². The lowest BCUT2D eigenvalue weighted by Gasteiger charge is -2.24. The minimum Gasteiger partial charge on any atom is -0.457 e. The van der Waals surface area contributed by atoms with Gasteiger partial charge >= 0.3 is 6.03 Å². The van der Waals surface area contributed by atoms with E-state index in [0.717, 1.165) is 12.1 Å². The van der Waals surface area contributed by atoms with Crippen molar-refractivity contribution in [2.24, 2.45) is 0 Å². The van der Waals surface area contributed by atoms with Gasteiger partial charge in [0.05, 0.1) is 4.90 Å². The molecule has 0 aliphatic carbocycles. The smallest absolute Gasteiger partial charge is 0.326 e. The molecule has 0 saturated carbocycles. The molecule has 0 atom stereocenters. The third-order valence-electron chi connectivity index (χ3n) is 5.22. The fourth-order valence-electron chi connectivity index (χ4n) is 3.38. The van der Waals surface area contributed by atoms with Crippen molar-refractivity contribution in [3.63, 3.8) is 0 Å². The van der Waals surface area contributed by atoms with Crippen LogP contribution in [-0.2, 0) is 10.0 Å². The number of hydrogen-bond acceptors (Lipinski definition) is 4. The van der Waals surface area contributed by atoms with Crippen LogP contribution in [-0.4, -0.2) is 27.5 Å². The summed E-state index contributed by atoms with van der Waals surface area (Å²) in [7, 11) is -3.90. The van der Waals surface area contributed by atoms with E-state index in [0.29, 0.717) is 27.9 Å². The minimum absolute atomic E-state index is 0.0126. The highest BCUT2D eigenvalue weighted by Gasteiger charge is 2.19. The van der Waals surface area contributed by atoms with Gasteiger partial charge in [-0.05, 0) is 84.9 Å². The third-order valence-corrected chi connectivity index (χ3v) is 6.95. The molecule has 0 bridgehead atoms. The Kier molecular flexibility index (Phi) is 8.39. The maximum Gasteiger partial charge on any atom is 0.326 e. The van der Waals surface area contributed by atoms with Crippen LogP contribution in [0, 0.1) is 5.82 Å².